The molecule has 1 aromatic carbocycles. The third-order valence-electron chi connectivity index (χ3n) is 2.87. The Morgan fingerprint density at radius 2 is 2.00 bits per heavy atom. The Morgan fingerprint density at radius 3 is 2.69 bits per heavy atom. The molecule has 0 amide bonds. The molecule has 1 aliphatic rings. The minimum atomic E-state index is -0.381. The van der Waals surface area contributed by atoms with E-state index in [-0.39, 0.29) is 12.1 Å². The van der Waals surface area contributed by atoms with E-state index in [1.807, 2.05) is 6.07 Å². The zero-order valence-electron chi connectivity index (χ0n) is 7.66. The summed E-state index contributed by atoms with van der Waals surface area (Å²) in [6.07, 6.45) is 2.69. The molecule has 0 bridgehead atoms. The molecule has 2 heteroatoms. The van der Waals surface area contributed by atoms with Gasteiger partial charge in [-0.3, -0.25) is 0 Å². The third-order valence-corrected chi connectivity index (χ3v) is 2.87. The van der Waals surface area contributed by atoms with Crippen LogP contribution in [0.4, 0.5) is 0 Å². The Hall–Kier alpha value is -0.860. The molecule has 1 aromatic rings. The highest BCUT2D eigenvalue weighted by Gasteiger charge is 2.29. The number of fused-ring (bicyclic) bond motifs is 1. The lowest BCUT2D eigenvalue weighted by molar-refractivity contribution is 0.181. The monoisotopic (exact) mass is 177 g/mol. The van der Waals surface area contributed by atoms with Gasteiger partial charge in [0.2, 0.25) is 0 Å². The maximum Gasteiger partial charge on any atom is 0.0614 e. The number of benzene rings is 1. The Kier molecular flexibility index (Phi) is 2.10. The summed E-state index contributed by atoms with van der Waals surface area (Å²) in [7, 11) is 0. The largest absolute Gasteiger partial charge is 0.394 e. The lowest BCUT2D eigenvalue weighted by atomic mass is 9.79. The number of hydrogen-bond acceptors (Lipinski definition) is 2. The third kappa shape index (κ3) is 1.60. The molecule has 2 nitrogen and oxygen atoms in total. The maximum absolute atomic E-state index is 9.15. The highest BCUT2D eigenvalue weighted by atomic mass is 16.3. The van der Waals surface area contributed by atoms with E-state index < -0.39 is 0 Å². The summed E-state index contributed by atoms with van der Waals surface area (Å²) in [6, 6.07) is 8.33. The average Bonchev–Trinajstić information content (AvgIpc) is 2.18. The molecule has 1 atom stereocenters. The van der Waals surface area contributed by atoms with Crippen molar-refractivity contribution < 1.29 is 5.11 Å². The summed E-state index contributed by atoms with van der Waals surface area (Å²) >= 11 is 0. The van der Waals surface area contributed by atoms with Crippen molar-refractivity contribution in [3.63, 3.8) is 0 Å². The van der Waals surface area contributed by atoms with Gasteiger partial charge in [0.15, 0.2) is 0 Å². The number of aliphatic hydroxyl groups is 1. The fraction of sp³-hybridized carbons (Fsp3) is 0.455. The van der Waals surface area contributed by atoms with E-state index in [9.17, 15) is 0 Å². The molecule has 1 aliphatic carbocycles. The first kappa shape index (κ1) is 8.73. The van der Waals surface area contributed by atoms with Crippen LogP contribution in [0.25, 0.3) is 0 Å². The SMILES string of the molecule is NC1(CO)CCc2ccccc2C1. The fourth-order valence-corrected chi connectivity index (χ4v) is 1.96. The normalized spacial score (nSPS) is 26.9. The van der Waals surface area contributed by atoms with Gasteiger partial charge >= 0.3 is 0 Å². The molecule has 0 heterocycles. The lowest BCUT2D eigenvalue weighted by Gasteiger charge is -2.32. The van der Waals surface area contributed by atoms with Gasteiger partial charge in [0, 0.05) is 5.54 Å². The summed E-state index contributed by atoms with van der Waals surface area (Å²) in [6.45, 7) is 0.0847. The van der Waals surface area contributed by atoms with Crippen molar-refractivity contribution in [3.8, 4) is 0 Å². The molecule has 0 saturated heterocycles. The predicted octanol–water partition coefficient (Wildman–Crippen LogP) is 0.865. The first-order valence-electron chi connectivity index (χ1n) is 4.70. The van der Waals surface area contributed by atoms with Crippen LogP contribution in [-0.4, -0.2) is 17.3 Å². The molecule has 1 unspecified atom stereocenters. The summed E-state index contributed by atoms with van der Waals surface area (Å²) in [5.74, 6) is 0. The van der Waals surface area contributed by atoms with E-state index in [4.69, 9.17) is 10.8 Å². The molecule has 0 fully saturated rings. The van der Waals surface area contributed by atoms with Crippen LogP contribution in [0.1, 0.15) is 17.5 Å². The molecular weight excluding hydrogens is 162 g/mol. The van der Waals surface area contributed by atoms with Gasteiger partial charge in [-0.05, 0) is 30.4 Å². The summed E-state index contributed by atoms with van der Waals surface area (Å²) in [5.41, 5.74) is 8.33. The van der Waals surface area contributed by atoms with Gasteiger partial charge in [-0.25, -0.2) is 0 Å². The van der Waals surface area contributed by atoms with Gasteiger partial charge in [-0.2, -0.15) is 0 Å². The Bertz CT molecular complexity index is 311. The van der Waals surface area contributed by atoms with Crippen molar-refractivity contribution >= 4 is 0 Å². The standard InChI is InChI=1S/C11H15NO/c12-11(8-13)6-5-9-3-1-2-4-10(9)7-11/h1-4,13H,5-8,12H2. The smallest absolute Gasteiger partial charge is 0.0614 e. The highest BCUT2D eigenvalue weighted by molar-refractivity contribution is 5.32. The predicted molar refractivity (Wildman–Crippen MR) is 52.5 cm³/mol. The molecule has 70 valence electrons. The van der Waals surface area contributed by atoms with Crippen molar-refractivity contribution in [1.29, 1.82) is 0 Å². The van der Waals surface area contributed by atoms with Crippen LogP contribution in [0.3, 0.4) is 0 Å². The lowest BCUT2D eigenvalue weighted by Crippen LogP contribution is -2.48. The zero-order chi connectivity index (χ0) is 9.31. The highest BCUT2D eigenvalue weighted by Crippen LogP contribution is 2.26. The Labute approximate surface area is 78.4 Å². The van der Waals surface area contributed by atoms with Gasteiger partial charge in [0.25, 0.3) is 0 Å². The first-order chi connectivity index (χ1) is 6.23. The van der Waals surface area contributed by atoms with Crippen LogP contribution < -0.4 is 5.73 Å². The quantitative estimate of drug-likeness (QED) is 0.668. The van der Waals surface area contributed by atoms with Crippen LogP contribution in [0, 0.1) is 0 Å². The van der Waals surface area contributed by atoms with Gasteiger partial charge in [0.05, 0.1) is 6.61 Å². The topological polar surface area (TPSA) is 46.2 Å². The van der Waals surface area contributed by atoms with Gasteiger partial charge < -0.3 is 10.8 Å². The molecule has 13 heavy (non-hydrogen) atoms. The van der Waals surface area contributed by atoms with Crippen LogP contribution in [0.2, 0.25) is 0 Å². The van der Waals surface area contributed by atoms with E-state index in [0.717, 1.165) is 19.3 Å². The van der Waals surface area contributed by atoms with E-state index in [1.165, 1.54) is 11.1 Å². The molecule has 0 saturated carbocycles. The second kappa shape index (κ2) is 3.13. The van der Waals surface area contributed by atoms with Crippen molar-refractivity contribution in [3.05, 3.63) is 35.4 Å². The van der Waals surface area contributed by atoms with Crippen molar-refractivity contribution in [2.45, 2.75) is 24.8 Å². The number of hydrogen-bond donors (Lipinski definition) is 2. The van der Waals surface area contributed by atoms with Crippen LogP contribution >= 0.6 is 0 Å². The van der Waals surface area contributed by atoms with Gasteiger partial charge in [0.1, 0.15) is 0 Å². The molecule has 3 N–H and O–H groups in total. The van der Waals surface area contributed by atoms with E-state index in [2.05, 4.69) is 18.2 Å². The van der Waals surface area contributed by atoms with Gasteiger partial charge in [-0.1, -0.05) is 24.3 Å². The maximum atomic E-state index is 9.15. The molecule has 0 aliphatic heterocycles. The first-order valence-corrected chi connectivity index (χ1v) is 4.70. The second-order valence-electron chi connectivity index (χ2n) is 3.97. The van der Waals surface area contributed by atoms with Crippen molar-refractivity contribution in [2.24, 2.45) is 5.73 Å². The molecule has 0 radical (unpaired) electrons. The van der Waals surface area contributed by atoms with E-state index >= 15 is 0 Å². The van der Waals surface area contributed by atoms with Crippen molar-refractivity contribution in [2.75, 3.05) is 6.61 Å². The molecular formula is C11H15NO. The van der Waals surface area contributed by atoms with E-state index in [0.29, 0.717) is 0 Å². The summed E-state index contributed by atoms with van der Waals surface area (Å²) in [5, 5.41) is 9.15. The number of rotatable bonds is 1. The van der Waals surface area contributed by atoms with Crippen LogP contribution in [0.15, 0.2) is 24.3 Å². The minimum absolute atomic E-state index is 0.0847. The number of aryl methyl sites for hydroxylation is 1. The average molecular weight is 177 g/mol. The Balaban J connectivity index is 2.29. The van der Waals surface area contributed by atoms with Crippen LogP contribution in [0.5, 0.6) is 0 Å². The fourth-order valence-electron chi connectivity index (χ4n) is 1.96. The molecule has 2 rings (SSSR count). The summed E-state index contributed by atoms with van der Waals surface area (Å²) < 4.78 is 0. The van der Waals surface area contributed by atoms with Crippen LogP contribution in [-0.2, 0) is 12.8 Å². The number of nitrogens with two attached hydrogens (primary N) is 1. The number of aliphatic hydroxyl groups excluding tert-OH is 1. The molecule has 0 aromatic heterocycles. The molecule has 0 spiro atoms. The minimum Gasteiger partial charge on any atom is -0.394 e. The van der Waals surface area contributed by atoms with Gasteiger partial charge in [-0.15, -0.1) is 0 Å². The Morgan fingerprint density at radius 1 is 1.31 bits per heavy atom. The zero-order valence-corrected chi connectivity index (χ0v) is 7.66. The second-order valence-corrected chi connectivity index (χ2v) is 3.97. The van der Waals surface area contributed by atoms with E-state index in [1.54, 1.807) is 0 Å². The summed E-state index contributed by atoms with van der Waals surface area (Å²) in [4.78, 5) is 0. The van der Waals surface area contributed by atoms with Crippen molar-refractivity contribution in [1.82, 2.24) is 0 Å².